The second-order valence-corrected chi connectivity index (χ2v) is 5.59. The summed E-state index contributed by atoms with van der Waals surface area (Å²) in [5.41, 5.74) is 1.12. The van der Waals surface area contributed by atoms with Crippen molar-refractivity contribution in [1.82, 2.24) is 10.2 Å². The van der Waals surface area contributed by atoms with Gasteiger partial charge >= 0.3 is 0 Å². The van der Waals surface area contributed by atoms with E-state index in [0.717, 1.165) is 31.6 Å². The van der Waals surface area contributed by atoms with Gasteiger partial charge < -0.3 is 5.32 Å². The minimum absolute atomic E-state index is 0.128. The van der Waals surface area contributed by atoms with Crippen LogP contribution in [-0.4, -0.2) is 31.6 Å². The minimum Gasteiger partial charge on any atom is -0.316 e. The number of halogens is 1. The number of hydrogen-bond acceptors (Lipinski definition) is 2. The van der Waals surface area contributed by atoms with Gasteiger partial charge in [-0.2, -0.15) is 0 Å². The molecular weight excluding hydrogens is 239 g/mol. The molecule has 1 aliphatic rings. The Bertz CT molecular complexity index is 394. The lowest BCUT2D eigenvalue weighted by atomic mass is 9.85. The molecule has 1 aliphatic heterocycles. The van der Waals surface area contributed by atoms with Crippen LogP contribution in [-0.2, 0) is 0 Å². The maximum Gasteiger partial charge on any atom is 0.123 e. The number of likely N-dealkylation sites (tertiary alicyclic amines) is 1. The standard InChI is InChI=1S/C16H25FN2/c1-3-9-18-12-14-7-5-10-19(2)16(14)13-6-4-8-15(17)11-13/h4,6,8,11,14,16,18H,3,5,7,9-10,12H2,1-2H3. The van der Waals surface area contributed by atoms with Crippen molar-refractivity contribution in [2.45, 2.75) is 32.2 Å². The minimum atomic E-state index is -0.128. The number of benzene rings is 1. The molecule has 106 valence electrons. The van der Waals surface area contributed by atoms with Crippen molar-refractivity contribution in [2.75, 3.05) is 26.7 Å². The lowest BCUT2D eigenvalue weighted by Crippen LogP contribution is -2.40. The Hall–Kier alpha value is -0.930. The highest BCUT2D eigenvalue weighted by Gasteiger charge is 2.30. The maximum absolute atomic E-state index is 13.4. The number of piperidine rings is 1. The summed E-state index contributed by atoms with van der Waals surface area (Å²) in [6.45, 7) is 5.38. The van der Waals surface area contributed by atoms with Crippen molar-refractivity contribution in [3.8, 4) is 0 Å². The Labute approximate surface area is 116 Å². The van der Waals surface area contributed by atoms with Gasteiger partial charge in [0.15, 0.2) is 0 Å². The Morgan fingerprint density at radius 2 is 2.26 bits per heavy atom. The van der Waals surface area contributed by atoms with Crippen molar-refractivity contribution in [3.63, 3.8) is 0 Å². The van der Waals surface area contributed by atoms with Crippen molar-refractivity contribution in [1.29, 1.82) is 0 Å². The largest absolute Gasteiger partial charge is 0.316 e. The molecule has 1 N–H and O–H groups in total. The topological polar surface area (TPSA) is 15.3 Å². The van der Waals surface area contributed by atoms with Gasteiger partial charge in [-0.3, -0.25) is 4.90 Å². The van der Waals surface area contributed by atoms with E-state index in [1.54, 1.807) is 6.07 Å². The molecule has 0 radical (unpaired) electrons. The molecule has 1 aromatic carbocycles. The summed E-state index contributed by atoms with van der Waals surface area (Å²) in [7, 11) is 2.15. The second-order valence-electron chi connectivity index (χ2n) is 5.59. The normalized spacial score (nSPS) is 24.6. The molecule has 0 spiro atoms. The third-order valence-corrected chi connectivity index (χ3v) is 4.03. The van der Waals surface area contributed by atoms with Crippen LogP contribution < -0.4 is 5.32 Å². The first-order valence-electron chi connectivity index (χ1n) is 7.38. The van der Waals surface area contributed by atoms with E-state index in [2.05, 4.69) is 30.3 Å². The first-order chi connectivity index (χ1) is 9.22. The molecule has 0 bridgehead atoms. The van der Waals surface area contributed by atoms with Gasteiger partial charge in [0, 0.05) is 6.04 Å². The quantitative estimate of drug-likeness (QED) is 0.822. The van der Waals surface area contributed by atoms with Crippen LogP contribution in [0.5, 0.6) is 0 Å². The first kappa shape index (κ1) is 14.5. The molecule has 2 unspecified atom stereocenters. The number of nitrogens with one attached hydrogen (secondary N) is 1. The van der Waals surface area contributed by atoms with Crippen molar-refractivity contribution in [2.24, 2.45) is 5.92 Å². The molecule has 0 aromatic heterocycles. The summed E-state index contributed by atoms with van der Waals surface area (Å²) in [6, 6.07) is 7.44. The van der Waals surface area contributed by atoms with E-state index in [1.165, 1.54) is 18.9 Å². The Morgan fingerprint density at radius 1 is 1.42 bits per heavy atom. The molecule has 0 amide bonds. The van der Waals surface area contributed by atoms with Gasteiger partial charge in [0.1, 0.15) is 5.82 Å². The van der Waals surface area contributed by atoms with Crippen LogP contribution in [0.4, 0.5) is 4.39 Å². The average molecular weight is 264 g/mol. The third-order valence-electron chi connectivity index (χ3n) is 4.03. The molecule has 0 saturated carbocycles. The molecule has 2 rings (SSSR count). The van der Waals surface area contributed by atoms with Crippen LogP contribution in [0.1, 0.15) is 37.8 Å². The second kappa shape index (κ2) is 7.01. The van der Waals surface area contributed by atoms with Crippen molar-refractivity contribution < 1.29 is 4.39 Å². The molecule has 0 aliphatic carbocycles. The van der Waals surface area contributed by atoms with E-state index in [0.29, 0.717) is 12.0 Å². The van der Waals surface area contributed by atoms with Gasteiger partial charge in [-0.05, 0) is 69.6 Å². The van der Waals surface area contributed by atoms with E-state index in [4.69, 9.17) is 0 Å². The van der Waals surface area contributed by atoms with Gasteiger partial charge in [0.25, 0.3) is 0 Å². The van der Waals surface area contributed by atoms with E-state index in [-0.39, 0.29) is 5.82 Å². The molecule has 1 aromatic rings. The maximum atomic E-state index is 13.4. The molecule has 19 heavy (non-hydrogen) atoms. The van der Waals surface area contributed by atoms with Gasteiger partial charge in [0.05, 0.1) is 0 Å². The number of rotatable bonds is 5. The van der Waals surface area contributed by atoms with E-state index in [9.17, 15) is 4.39 Å². The predicted molar refractivity (Wildman–Crippen MR) is 77.7 cm³/mol. The predicted octanol–water partition coefficient (Wildman–Crippen LogP) is 3.21. The summed E-state index contributed by atoms with van der Waals surface area (Å²) in [5.74, 6) is 0.448. The molecule has 1 heterocycles. The van der Waals surface area contributed by atoms with E-state index >= 15 is 0 Å². The highest BCUT2D eigenvalue weighted by molar-refractivity contribution is 5.21. The Balaban J connectivity index is 2.11. The molecule has 2 atom stereocenters. The fourth-order valence-electron chi connectivity index (χ4n) is 3.15. The fraction of sp³-hybridized carbons (Fsp3) is 0.625. The molecule has 3 heteroatoms. The van der Waals surface area contributed by atoms with Crippen molar-refractivity contribution >= 4 is 0 Å². The Morgan fingerprint density at radius 3 is 3.00 bits per heavy atom. The van der Waals surface area contributed by atoms with Gasteiger partial charge in [-0.15, -0.1) is 0 Å². The number of hydrogen-bond donors (Lipinski definition) is 1. The van der Waals surface area contributed by atoms with Crippen LogP contribution in [0.2, 0.25) is 0 Å². The van der Waals surface area contributed by atoms with E-state index < -0.39 is 0 Å². The number of nitrogens with zero attached hydrogens (tertiary/aromatic N) is 1. The SMILES string of the molecule is CCCNCC1CCCN(C)C1c1cccc(F)c1. The van der Waals surface area contributed by atoms with Crippen LogP contribution in [0.3, 0.4) is 0 Å². The van der Waals surface area contributed by atoms with Gasteiger partial charge in [0.2, 0.25) is 0 Å². The fourth-order valence-corrected chi connectivity index (χ4v) is 3.15. The van der Waals surface area contributed by atoms with Crippen LogP contribution >= 0.6 is 0 Å². The zero-order valence-corrected chi connectivity index (χ0v) is 12.0. The van der Waals surface area contributed by atoms with Crippen LogP contribution in [0, 0.1) is 11.7 Å². The summed E-state index contributed by atoms with van der Waals surface area (Å²) in [6.07, 6.45) is 3.62. The summed E-state index contributed by atoms with van der Waals surface area (Å²) >= 11 is 0. The molecule has 1 saturated heterocycles. The third kappa shape index (κ3) is 3.77. The molecule has 1 fully saturated rings. The lowest BCUT2D eigenvalue weighted by Gasteiger charge is -2.39. The lowest BCUT2D eigenvalue weighted by molar-refractivity contribution is 0.119. The molecule has 2 nitrogen and oxygen atoms in total. The Kier molecular flexibility index (Phi) is 5.34. The monoisotopic (exact) mass is 264 g/mol. The first-order valence-corrected chi connectivity index (χ1v) is 7.38. The summed E-state index contributed by atoms with van der Waals surface area (Å²) < 4.78 is 13.4. The average Bonchev–Trinajstić information content (AvgIpc) is 2.39. The van der Waals surface area contributed by atoms with Crippen molar-refractivity contribution in [3.05, 3.63) is 35.6 Å². The zero-order valence-electron chi connectivity index (χ0n) is 12.0. The van der Waals surface area contributed by atoms with E-state index in [1.807, 2.05) is 6.07 Å². The van der Waals surface area contributed by atoms with Gasteiger partial charge in [-0.25, -0.2) is 4.39 Å². The zero-order chi connectivity index (χ0) is 13.7. The highest BCUT2D eigenvalue weighted by atomic mass is 19.1. The highest BCUT2D eigenvalue weighted by Crippen LogP contribution is 2.34. The molecular formula is C16H25FN2. The summed E-state index contributed by atoms with van der Waals surface area (Å²) in [5, 5.41) is 3.52. The van der Waals surface area contributed by atoms with Gasteiger partial charge in [-0.1, -0.05) is 19.1 Å². The van der Waals surface area contributed by atoms with Crippen LogP contribution in [0.15, 0.2) is 24.3 Å². The summed E-state index contributed by atoms with van der Waals surface area (Å²) in [4.78, 5) is 2.37. The van der Waals surface area contributed by atoms with Crippen LogP contribution in [0.25, 0.3) is 0 Å². The smallest absolute Gasteiger partial charge is 0.123 e.